The zero-order valence-electron chi connectivity index (χ0n) is 41.0. The zero-order chi connectivity index (χ0) is 48.8. The average Bonchev–Trinajstić information content (AvgIpc) is 3.82. The molecule has 2 aromatic carbocycles. The Morgan fingerprint density at radius 2 is 1.73 bits per heavy atom. The Hall–Kier alpha value is -3.80. The van der Waals surface area contributed by atoms with Gasteiger partial charge >= 0.3 is 0 Å². The summed E-state index contributed by atoms with van der Waals surface area (Å²) in [6.45, 7) is 2.62. The summed E-state index contributed by atoms with van der Waals surface area (Å²) in [6, 6.07) is 18.8. The highest BCUT2D eigenvalue weighted by Crippen LogP contribution is 2.53. The molecule has 12 heteroatoms. The molecule has 2 aliphatic heterocycles. The van der Waals surface area contributed by atoms with Crippen LogP contribution in [0.5, 0.6) is 11.5 Å². The van der Waals surface area contributed by atoms with Gasteiger partial charge in [-0.2, -0.15) is 0 Å². The molecule has 1 aromatic heterocycles. The number of benzene rings is 2. The van der Waals surface area contributed by atoms with E-state index in [1.54, 1.807) is 21.6 Å². The van der Waals surface area contributed by atoms with Gasteiger partial charge in [0.1, 0.15) is 11.9 Å². The van der Waals surface area contributed by atoms with Crippen molar-refractivity contribution in [1.29, 1.82) is 0 Å². The van der Waals surface area contributed by atoms with E-state index in [1.807, 2.05) is 24.4 Å². The molecule has 0 unspecified atom stereocenters. The smallest absolute Gasteiger partial charge is 0.161 e. The summed E-state index contributed by atoms with van der Waals surface area (Å²) in [6.07, 6.45) is 16.4. The molecule has 3 aromatic rings. The third kappa shape index (κ3) is 11.1. The number of hydrogen-bond acceptors (Lipinski definition) is 11. The highest BCUT2D eigenvalue weighted by molar-refractivity contribution is 8.76. The molecule has 1 saturated carbocycles. The maximum atomic E-state index is 12.5. The first-order chi connectivity index (χ1) is 34.0. The summed E-state index contributed by atoms with van der Waals surface area (Å²) >= 11 is 0. The second kappa shape index (κ2) is 23.0. The summed E-state index contributed by atoms with van der Waals surface area (Å²) in [5, 5.41) is 73.6. The van der Waals surface area contributed by atoms with Gasteiger partial charge in [0, 0.05) is 77.8 Å². The standard InChI is InChI=1S/C58H77N3O7S2/c1-2-37-26-39-29-50(65)52(68-53-30-40(27-43-14-11-23-60-43)44-17-24-61-56(59)48(44)35-70-69-34-41(33-63)55(53)67)32-46(39)47-31-51(66)54-38(28-45(37)47)16-21-57(22-25-62,18-10-7-15-49(54)64)36-58(19-8-4-9-20-58)42-12-5-3-6-13-42/h3,5-6,11-14,17,23,28-29,32,37-38,40-41,47,49,51,53-55,60-67H,2,4,7-10,15,18-20,22,24-27,30-31,33-36,59H2,1H3/t37-,38+,40-,41+,47+,49+,51-,53+,54-,55+,57+/m1/s1. The van der Waals surface area contributed by atoms with Gasteiger partial charge in [-0.25, -0.2) is 0 Å². The van der Waals surface area contributed by atoms with Gasteiger partial charge in [0.15, 0.2) is 11.5 Å². The number of dihydropyridines is 1. The molecule has 1 saturated heterocycles. The summed E-state index contributed by atoms with van der Waals surface area (Å²) in [5.74, 6) is 8.23. The number of phenolic OH excluding ortho intramolecular Hbond substituents is 1. The normalized spacial score (nSPS) is 32.6. The van der Waals surface area contributed by atoms with E-state index in [2.05, 4.69) is 77.6 Å². The number of aromatic nitrogens is 1. The Balaban J connectivity index is 1.09. The maximum Gasteiger partial charge on any atom is 0.161 e. The van der Waals surface area contributed by atoms with Crippen molar-refractivity contribution in [3.63, 3.8) is 0 Å². The molecule has 2 fully saturated rings. The van der Waals surface area contributed by atoms with E-state index in [0.29, 0.717) is 62.4 Å². The molecule has 10 nitrogen and oxygen atoms in total. The first-order valence-electron chi connectivity index (χ1n) is 26.4. The first-order valence-corrected chi connectivity index (χ1v) is 28.9. The number of aromatic amines is 1. The van der Waals surface area contributed by atoms with Crippen molar-refractivity contribution in [1.82, 2.24) is 10.3 Å². The topological polar surface area (TPSA) is 184 Å². The fraction of sp³-hybridized carbons (Fsp3) is 0.586. The van der Waals surface area contributed by atoms with Gasteiger partial charge < -0.3 is 51.4 Å². The molecule has 0 amide bonds. The zero-order valence-corrected chi connectivity index (χ0v) is 42.7. The van der Waals surface area contributed by atoms with Crippen LogP contribution in [0.15, 0.2) is 95.5 Å². The first kappa shape index (κ1) is 51.1. The molecular weight excluding hydrogens is 915 g/mol. The summed E-state index contributed by atoms with van der Waals surface area (Å²) in [5.41, 5.74) is 14.0. The minimum Gasteiger partial charge on any atom is -0.504 e. The van der Waals surface area contributed by atoms with Crippen molar-refractivity contribution in [3.8, 4) is 23.3 Å². The van der Waals surface area contributed by atoms with E-state index in [1.165, 1.54) is 30.4 Å². The van der Waals surface area contributed by atoms with Crippen LogP contribution >= 0.6 is 21.6 Å². The number of H-pyrrole nitrogens is 1. The van der Waals surface area contributed by atoms with Crippen LogP contribution in [0, 0.1) is 46.8 Å². The highest BCUT2D eigenvalue weighted by Gasteiger charge is 2.46. The van der Waals surface area contributed by atoms with Crippen LogP contribution < -0.4 is 15.8 Å². The number of ether oxygens (including phenoxy) is 1. The van der Waals surface area contributed by atoms with Gasteiger partial charge in [-0.3, -0.25) is 0 Å². The van der Waals surface area contributed by atoms with Crippen LogP contribution in [0.3, 0.4) is 0 Å². The van der Waals surface area contributed by atoms with Gasteiger partial charge in [-0.1, -0.05) is 121 Å². The van der Waals surface area contributed by atoms with Crippen LogP contribution in [-0.2, 0) is 18.3 Å². The lowest BCUT2D eigenvalue weighted by atomic mass is 9.59. The van der Waals surface area contributed by atoms with Crippen LogP contribution in [0.1, 0.15) is 125 Å². The minimum absolute atomic E-state index is 0.00377. The number of nitrogens with one attached hydrogen (secondary N) is 2. The predicted octanol–water partition coefficient (Wildman–Crippen LogP) is 8.97. The van der Waals surface area contributed by atoms with Crippen molar-refractivity contribution in [3.05, 3.63) is 118 Å². The predicted molar refractivity (Wildman–Crippen MR) is 282 cm³/mol. The van der Waals surface area contributed by atoms with Crippen LogP contribution in [0.4, 0.5) is 0 Å². The third-order valence-corrected chi connectivity index (χ3v) is 19.7. The number of phenols is 1. The Labute approximate surface area is 423 Å². The molecule has 378 valence electrons. The van der Waals surface area contributed by atoms with E-state index in [0.717, 1.165) is 72.9 Å². The number of aliphatic hydroxyl groups is 5. The average molecular weight is 992 g/mol. The number of allylic oxidation sites excluding steroid dienone is 3. The summed E-state index contributed by atoms with van der Waals surface area (Å²) < 4.78 is 6.94. The monoisotopic (exact) mass is 992 g/mol. The third-order valence-electron chi connectivity index (χ3n) is 17.3. The number of nitrogens with two attached hydrogens (primary N) is 1. The van der Waals surface area contributed by atoms with Gasteiger partial charge in [0.2, 0.25) is 0 Å². The van der Waals surface area contributed by atoms with Gasteiger partial charge in [-0.15, -0.1) is 0 Å². The van der Waals surface area contributed by atoms with Crippen molar-refractivity contribution in [2.45, 2.75) is 145 Å². The van der Waals surface area contributed by atoms with Gasteiger partial charge in [0.25, 0.3) is 0 Å². The van der Waals surface area contributed by atoms with Crippen LogP contribution in [-0.4, -0.2) is 91.3 Å². The number of hydrogen-bond donors (Lipinski definition) is 9. The molecule has 0 radical (unpaired) electrons. The number of aromatic hydroxyl groups is 1. The van der Waals surface area contributed by atoms with Crippen LogP contribution in [0.2, 0.25) is 0 Å². The molecule has 11 atom stereocenters. The lowest BCUT2D eigenvalue weighted by Crippen LogP contribution is -2.42. The largest absolute Gasteiger partial charge is 0.504 e. The fourth-order valence-corrected chi connectivity index (χ4v) is 16.0. The molecule has 4 aliphatic carbocycles. The number of fused-ring (bicyclic) bond motifs is 5. The Morgan fingerprint density at radius 3 is 2.49 bits per heavy atom. The highest BCUT2D eigenvalue weighted by atomic mass is 33.1. The summed E-state index contributed by atoms with van der Waals surface area (Å²) in [7, 11) is 3.27. The Kier molecular flexibility index (Phi) is 16.8. The molecule has 6 aliphatic rings. The van der Waals surface area contributed by atoms with Crippen molar-refractivity contribution >= 4 is 21.6 Å². The second-order valence-electron chi connectivity index (χ2n) is 21.6. The number of rotatable bonds is 11. The van der Waals surface area contributed by atoms with Crippen molar-refractivity contribution in [2.75, 3.05) is 31.3 Å². The quantitative estimate of drug-likeness (QED) is 0.0508. The molecule has 70 heavy (non-hydrogen) atoms. The fourth-order valence-electron chi connectivity index (χ4n) is 13.5. The lowest BCUT2D eigenvalue weighted by molar-refractivity contribution is -0.0214. The van der Waals surface area contributed by atoms with Crippen LogP contribution in [0.25, 0.3) is 0 Å². The van der Waals surface area contributed by atoms with Crippen molar-refractivity contribution in [2.24, 2.45) is 40.7 Å². The summed E-state index contributed by atoms with van der Waals surface area (Å²) in [4.78, 5) is 3.38. The SMILES string of the molecule is CC[C@@H]1Cc2cc(O)c(O[C@H]3C[C@@H](Cc4ccc[nH]4)C4=CCNC(N)=C4CSSC[C@H](CO)[C@@H]3O)cc2[C@H]2C[C@@H](O)[C@@H]3[C@@H](C#C[C@@](CCO)(CC4(c5ccccc5)CCCCC4)CCCC[C@@H]3O)C=C12. The van der Waals surface area contributed by atoms with E-state index in [9.17, 15) is 30.6 Å². The maximum absolute atomic E-state index is 12.5. The molecule has 3 heterocycles. The van der Waals surface area contributed by atoms with E-state index >= 15 is 0 Å². The van der Waals surface area contributed by atoms with Gasteiger partial charge in [-0.05, 0) is 134 Å². The molecule has 0 spiro atoms. The molecule has 10 N–H and O–H groups in total. The second-order valence-corrected chi connectivity index (χ2v) is 24.1. The van der Waals surface area contributed by atoms with Gasteiger partial charge in [0.05, 0.1) is 18.3 Å². The Bertz CT molecular complexity index is 2390. The van der Waals surface area contributed by atoms with Crippen molar-refractivity contribution < 1.29 is 35.4 Å². The van der Waals surface area contributed by atoms with E-state index in [-0.39, 0.29) is 47.9 Å². The molecule has 9 rings (SSSR count). The Morgan fingerprint density at radius 1 is 0.914 bits per heavy atom. The van der Waals surface area contributed by atoms with E-state index in [4.69, 9.17) is 10.5 Å². The van der Waals surface area contributed by atoms with E-state index < -0.39 is 47.6 Å². The minimum atomic E-state index is -1.05. The lowest BCUT2D eigenvalue weighted by Gasteiger charge is -2.44. The molecular formula is C58H77N3O7S2. The molecule has 0 bridgehead atoms. The number of aliphatic hydroxyl groups excluding tert-OH is 5.